The van der Waals surface area contributed by atoms with Gasteiger partial charge in [0.05, 0.1) is 6.10 Å². The molecule has 0 unspecified atom stereocenters. The minimum Gasteiger partial charge on any atom is -0.376 e. The molecule has 3 heteroatoms. The van der Waals surface area contributed by atoms with Gasteiger partial charge in [-0.05, 0) is 65.5 Å². The van der Waals surface area contributed by atoms with Gasteiger partial charge in [-0.15, -0.1) is 0 Å². The van der Waals surface area contributed by atoms with E-state index in [1.54, 1.807) is 0 Å². The number of hydrogen-bond donors (Lipinski definition) is 1. The van der Waals surface area contributed by atoms with E-state index in [1.807, 2.05) is 0 Å². The highest BCUT2D eigenvalue weighted by molar-refractivity contribution is 4.89. The van der Waals surface area contributed by atoms with E-state index < -0.39 is 0 Å². The number of rotatable bonds is 1. The zero-order chi connectivity index (χ0) is 12.5. The molecule has 2 aliphatic rings. The van der Waals surface area contributed by atoms with Gasteiger partial charge < -0.3 is 10.5 Å². The molecule has 2 fully saturated rings. The van der Waals surface area contributed by atoms with Crippen LogP contribution < -0.4 is 5.73 Å². The van der Waals surface area contributed by atoms with Crippen LogP contribution in [0.15, 0.2) is 0 Å². The van der Waals surface area contributed by atoms with E-state index in [0.29, 0.717) is 17.6 Å². The Kier molecular flexibility index (Phi) is 4.11. The molecule has 2 heterocycles. The maximum absolute atomic E-state index is 6.19. The molecule has 0 aromatic rings. The predicted molar refractivity (Wildman–Crippen MR) is 71.0 cm³/mol. The summed E-state index contributed by atoms with van der Waals surface area (Å²) < 4.78 is 5.91. The topological polar surface area (TPSA) is 38.5 Å². The molecule has 2 N–H and O–H groups in total. The summed E-state index contributed by atoms with van der Waals surface area (Å²) in [6, 6.07) is 0.273. The highest BCUT2D eigenvalue weighted by Crippen LogP contribution is 2.30. The lowest BCUT2D eigenvalue weighted by Crippen LogP contribution is -2.52. The van der Waals surface area contributed by atoms with Gasteiger partial charge in [0.1, 0.15) is 0 Å². The van der Waals surface area contributed by atoms with E-state index >= 15 is 0 Å². The van der Waals surface area contributed by atoms with Crippen molar-refractivity contribution in [3.8, 4) is 0 Å². The molecule has 100 valence electrons. The first kappa shape index (κ1) is 13.3. The number of ether oxygens (including phenoxy) is 1. The quantitative estimate of drug-likeness (QED) is 0.762. The summed E-state index contributed by atoms with van der Waals surface area (Å²) in [5.41, 5.74) is 6.50. The lowest BCUT2D eigenvalue weighted by molar-refractivity contribution is -0.0563. The molecule has 17 heavy (non-hydrogen) atoms. The molecule has 0 aromatic heterocycles. The molecule has 2 atom stereocenters. The van der Waals surface area contributed by atoms with Gasteiger partial charge in [-0.25, -0.2) is 0 Å². The van der Waals surface area contributed by atoms with Crippen LogP contribution in [0.3, 0.4) is 0 Å². The number of hydrogen-bond acceptors (Lipinski definition) is 3. The van der Waals surface area contributed by atoms with Gasteiger partial charge in [-0.3, -0.25) is 4.90 Å². The summed E-state index contributed by atoms with van der Waals surface area (Å²) in [5, 5.41) is 0. The van der Waals surface area contributed by atoms with Crippen LogP contribution >= 0.6 is 0 Å². The number of piperidine rings is 1. The smallest absolute Gasteiger partial charge is 0.0754 e. The van der Waals surface area contributed by atoms with Crippen LogP contribution in [-0.4, -0.2) is 42.3 Å². The largest absolute Gasteiger partial charge is 0.376 e. The Morgan fingerprint density at radius 2 is 1.76 bits per heavy atom. The Hall–Kier alpha value is -0.120. The van der Waals surface area contributed by atoms with Gasteiger partial charge >= 0.3 is 0 Å². The second kappa shape index (κ2) is 5.25. The first-order valence-corrected chi connectivity index (χ1v) is 7.11. The third-order valence-electron chi connectivity index (χ3n) is 4.37. The van der Waals surface area contributed by atoms with Crippen molar-refractivity contribution in [2.75, 3.05) is 19.7 Å². The second-order valence-corrected chi connectivity index (χ2v) is 6.64. The van der Waals surface area contributed by atoms with Crippen LogP contribution in [0.2, 0.25) is 0 Å². The molecule has 0 aromatic carbocycles. The molecule has 2 saturated heterocycles. The van der Waals surface area contributed by atoms with Gasteiger partial charge in [0.15, 0.2) is 0 Å². The molecule has 0 amide bonds. The standard InChI is InChI=1S/C14H28N2O/c1-14(2,3)16-8-6-11(7-9-16)13-12(15)5-4-10-17-13/h11-13H,4-10,15H2,1-3H3/t12-,13+/m0/s1. The highest BCUT2D eigenvalue weighted by Gasteiger charge is 2.35. The fourth-order valence-corrected chi connectivity index (χ4v) is 3.21. The fourth-order valence-electron chi connectivity index (χ4n) is 3.21. The van der Waals surface area contributed by atoms with Gasteiger partial charge in [0, 0.05) is 18.2 Å². The lowest BCUT2D eigenvalue weighted by atomic mass is 9.84. The van der Waals surface area contributed by atoms with Crippen molar-refractivity contribution in [1.82, 2.24) is 4.90 Å². The third-order valence-corrected chi connectivity index (χ3v) is 4.37. The minimum absolute atomic E-state index is 0.273. The van der Waals surface area contributed by atoms with E-state index in [9.17, 15) is 0 Å². The van der Waals surface area contributed by atoms with E-state index in [1.165, 1.54) is 25.9 Å². The van der Waals surface area contributed by atoms with Crippen molar-refractivity contribution < 1.29 is 4.74 Å². The second-order valence-electron chi connectivity index (χ2n) is 6.64. The van der Waals surface area contributed by atoms with E-state index in [4.69, 9.17) is 10.5 Å². The molecular weight excluding hydrogens is 212 g/mol. The maximum atomic E-state index is 6.19. The average molecular weight is 240 g/mol. The van der Waals surface area contributed by atoms with Crippen molar-refractivity contribution in [1.29, 1.82) is 0 Å². The first-order valence-electron chi connectivity index (χ1n) is 7.11. The highest BCUT2D eigenvalue weighted by atomic mass is 16.5. The summed E-state index contributed by atoms with van der Waals surface area (Å²) in [7, 11) is 0. The van der Waals surface area contributed by atoms with Gasteiger partial charge in [0.25, 0.3) is 0 Å². The Balaban J connectivity index is 1.86. The summed E-state index contributed by atoms with van der Waals surface area (Å²) in [5.74, 6) is 0.684. The maximum Gasteiger partial charge on any atom is 0.0754 e. The Morgan fingerprint density at radius 1 is 1.12 bits per heavy atom. The summed E-state index contributed by atoms with van der Waals surface area (Å²) >= 11 is 0. The van der Waals surface area contributed by atoms with Crippen molar-refractivity contribution in [2.24, 2.45) is 11.7 Å². The van der Waals surface area contributed by atoms with Crippen molar-refractivity contribution in [3.05, 3.63) is 0 Å². The molecular formula is C14H28N2O. The first-order chi connectivity index (χ1) is 7.98. The molecule has 2 aliphatic heterocycles. The molecule has 0 bridgehead atoms. The van der Waals surface area contributed by atoms with Crippen LogP contribution in [0.1, 0.15) is 46.5 Å². The Bertz CT molecular complexity index is 241. The minimum atomic E-state index is 0.273. The van der Waals surface area contributed by atoms with E-state index in [0.717, 1.165) is 19.4 Å². The van der Waals surface area contributed by atoms with Crippen LogP contribution in [-0.2, 0) is 4.74 Å². The third kappa shape index (κ3) is 3.21. The molecule has 0 saturated carbocycles. The van der Waals surface area contributed by atoms with Gasteiger partial charge in [-0.1, -0.05) is 0 Å². The van der Waals surface area contributed by atoms with Crippen LogP contribution in [0, 0.1) is 5.92 Å². The van der Waals surface area contributed by atoms with E-state index in [2.05, 4.69) is 25.7 Å². The normalized spacial score (nSPS) is 33.9. The molecule has 3 nitrogen and oxygen atoms in total. The molecule has 0 radical (unpaired) electrons. The zero-order valence-electron chi connectivity index (χ0n) is 11.6. The monoisotopic (exact) mass is 240 g/mol. The SMILES string of the molecule is CC(C)(C)N1CCC([C@H]2OCCC[C@@H]2N)CC1. The fraction of sp³-hybridized carbons (Fsp3) is 1.00. The lowest BCUT2D eigenvalue weighted by Gasteiger charge is -2.44. The van der Waals surface area contributed by atoms with Gasteiger partial charge in [-0.2, -0.15) is 0 Å². The predicted octanol–water partition coefficient (Wildman–Crippen LogP) is 2.00. The van der Waals surface area contributed by atoms with Crippen molar-refractivity contribution in [3.63, 3.8) is 0 Å². The van der Waals surface area contributed by atoms with Crippen LogP contribution in [0.4, 0.5) is 0 Å². The van der Waals surface area contributed by atoms with Crippen LogP contribution in [0.25, 0.3) is 0 Å². The van der Waals surface area contributed by atoms with Gasteiger partial charge in [0.2, 0.25) is 0 Å². The molecule has 2 rings (SSSR count). The molecule has 0 spiro atoms. The Labute approximate surface area is 106 Å². The Morgan fingerprint density at radius 3 is 2.29 bits per heavy atom. The zero-order valence-corrected chi connectivity index (χ0v) is 11.6. The summed E-state index contributed by atoms with van der Waals surface area (Å²) in [4.78, 5) is 2.58. The number of nitrogens with two attached hydrogens (primary N) is 1. The number of nitrogens with zero attached hydrogens (tertiary/aromatic N) is 1. The van der Waals surface area contributed by atoms with Crippen molar-refractivity contribution >= 4 is 0 Å². The average Bonchev–Trinajstić information content (AvgIpc) is 2.29. The van der Waals surface area contributed by atoms with E-state index in [-0.39, 0.29) is 6.04 Å². The summed E-state index contributed by atoms with van der Waals surface area (Å²) in [6.45, 7) is 10.2. The number of likely N-dealkylation sites (tertiary alicyclic amines) is 1. The summed E-state index contributed by atoms with van der Waals surface area (Å²) in [6.07, 6.45) is 5.10. The van der Waals surface area contributed by atoms with Crippen molar-refractivity contribution in [2.45, 2.75) is 64.1 Å². The molecule has 0 aliphatic carbocycles. The van der Waals surface area contributed by atoms with Crippen LogP contribution in [0.5, 0.6) is 0 Å².